The molecule has 2 rings (SSSR count). The van der Waals surface area contributed by atoms with Gasteiger partial charge in [-0.05, 0) is 45.7 Å². The fraction of sp³-hybridized carbons (Fsp3) is 0.556. The third kappa shape index (κ3) is 5.79. The van der Waals surface area contributed by atoms with Crippen molar-refractivity contribution in [1.82, 2.24) is 10.2 Å². The number of amides is 2. The van der Waals surface area contributed by atoms with Crippen molar-refractivity contribution in [2.24, 2.45) is 5.92 Å². The standard InChI is InChI=1S/C18H24Cl2N2O3/c1-18(2,3)25-17(24)22-9-7-12(8-10-22)16(23)21-11-13-14(19)5-4-6-15(13)20/h4-6,12H,7-11H2,1-3H3,(H,21,23). The highest BCUT2D eigenvalue weighted by Crippen LogP contribution is 2.25. The molecule has 1 aromatic rings. The highest BCUT2D eigenvalue weighted by molar-refractivity contribution is 6.36. The maximum atomic E-state index is 12.4. The van der Waals surface area contributed by atoms with Gasteiger partial charge in [-0.2, -0.15) is 0 Å². The Kier molecular flexibility index (Phi) is 6.58. The maximum absolute atomic E-state index is 12.4. The molecule has 0 atom stereocenters. The van der Waals surface area contributed by atoms with E-state index in [1.807, 2.05) is 20.8 Å². The second-order valence-corrected chi connectivity index (χ2v) is 7.97. The molecule has 0 aromatic heterocycles. The Balaban J connectivity index is 1.82. The lowest BCUT2D eigenvalue weighted by Crippen LogP contribution is -2.44. The zero-order valence-corrected chi connectivity index (χ0v) is 16.3. The average Bonchev–Trinajstić information content (AvgIpc) is 2.52. The van der Waals surface area contributed by atoms with E-state index in [-0.39, 0.29) is 17.9 Å². The molecule has 1 heterocycles. The van der Waals surface area contributed by atoms with Crippen LogP contribution in [0.25, 0.3) is 0 Å². The summed E-state index contributed by atoms with van der Waals surface area (Å²) in [5.41, 5.74) is 0.199. The third-order valence-corrected chi connectivity index (χ3v) is 4.73. The number of ether oxygens (including phenoxy) is 1. The third-order valence-electron chi connectivity index (χ3n) is 4.02. The van der Waals surface area contributed by atoms with Crippen LogP contribution in [-0.4, -0.2) is 35.6 Å². The SMILES string of the molecule is CC(C)(C)OC(=O)N1CCC(C(=O)NCc2c(Cl)cccc2Cl)CC1. The summed E-state index contributed by atoms with van der Waals surface area (Å²) in [6.07, 6.45) is 0.900. The van der Waals surface area contributed by atoms with Crippen LogP contribution in [0.3, 0.4) is 0 Å². The first-order valence-electron chi connectivity index (χ1n) is 8.36. The fourth-order valence-corrected chi connectivity index (χ4v) is 3.20. The number of piperidine rings is 1. The van der Waals surface area contributed by atoms with Crippen LogP contribution in [0.15, 0.2) is 18.2 Å². The molecule has 0 spiro atoms. The molecule has 0 aliphatic carbocycles. The van der Waals surface area contributed by atoms with Crippen LogP contribution < -0.4 is 5.32 Å². The van der Waals surface area contributed by atoms with Gasteiger partial charge in [0, 0.05) is 41.2 Å². The van der Waals surface area contributed by atoms with Gasteiger partial charge < -0.3 is 15.0 Å². The van der Waals surface area contributed by atoms with Crippen molar-refractivity contribution in [1.29, 1.82) is 0 Å². The number of carbonyl (C=O) groups is 2. The van der Waals surface area contributed by atoms with Crippen molar-refractivity contribution in [3.63, 3.8) is 0 Å². The summed E-state index contributed by atoms with van der Waals surface area (Å²) in [5, 5.41) is 3.96. The van der Waals surface area contributed by atoms with Crippen LogP contribution in [0.4, 0.5) is 4.79 Å². The molecule has 0 bridgehead atoms. The molecule has 0 unspecified atom stereocenters. The summed E-state index contributed by atoms with van der Waals surface area (Å²) in [5.74, 6) is -0.167. The zero-order chi connectivity index (χ0) is 18.6. The minimum Gasteiger partial charge on any atom is -0.444 e. The first-order valence-corrected chi connectivity index (χ1v) is 9.11. The van der Waals surface area contributed by atoms with Crippen molar-refractivity contribution in [2.45, 2.75) is 45.8 Å². The second kappa shape index (κ2) is 8.28. The summed E-state index contributed by atoms with van der Waals surface area (Å²) in [6, 6.07) is 5.25. The average molecular weight is 387 g/mol. The molecule has 1 fully saturated rings. The van der Waals surface area contributed by atoms with Crippen molar-refractivity contribution in [3.8, 4) is 0 Å². The van der Waals surface area contributed by atoms with Crippen molar-refractivity contribution >= 4 is 35.2 Å². The molecule has 1 saturated heterocycles. The number of hydrogen-bond donors (Lipinski definition) is 1. The Hall–Kier alpha value is -1.46. The molecular weight excluding hydrogens is 363 g/mol. The van der Waals surface area contributed by atoms with E-state index in [1.165, 1.54) is 0 Å². The van der Waals surface area contributed by atoms with Crippen LogP contribution >= 0.6 is 23.2 Å². The summed E-state index contributed by atoms with van der Waals surface area (Å²) >= 11 is 12.2. The van der Waals surface area contributed by atoms with Gasteiger partial charge in [0.05, 0.1) is 0 Å². The molecular formula is C18H24Cl2N2O3. The number of halogens is 2. The monoisotopic (exact) mass is 386 g/mol. The molecule has 2 amide bonds. The van der Waals surface area contributed by atoms with Crippen molar-refractivity contribution in [2.75, 3.05) is 13.1 Å². The van der Waals surface area contributed by atoms with Gasteiger partial charge in [0.1, 0.15) is 5.60 Å². The Bertz CT molecular complexity index is 615. The van der Waals surface area contributed by atoms with Gasteiger partial charge in [0.2, 0.25) is 5.91 Å². The highest BCUT2D eigenvalue weighted by Gasteiger charge is 2.29. The lowest BCUT2D eigenvalue weighted by molar-refractivity contribution is -0.126. The van der Waals surface area contributed by atoms with E-state index >= 15 is 0 Å². The Morgan fingerprint density at radius 2 is 1.76 bits per heavy atom. The van der Waals surface area contributed by atoms with Gasteiger partial charge >= 0.3 is 6.09 Å². The second-order valence-electron chi connectivity index (χ2n) is 7.16. The van der Waals surface area contributed by atoms with Crippen LogP contribution in [0.1, 0.15) is 39.2 Å². The maximum Gasteiger partial charge on any atom is 0.410 e. The van der Waals surface area contributed by atoms with E-state index in [0.29, 0.717) is 48.1 Å². The number of nitrogens with zero attached hydrogens (tertiary/aromatic N) is 1. The largest absolute Gasteiger partial charge is 0.444 e. The molecule has 138 valence electrons. The van der Waals surface area contributed by atoms with Crippen LogP contribution in [0.2, 0.25) is 10.0 Å². The molecule has 25 heavy (non-hydrogen) atoms. The minimum atomic E-state index is -0.514. The number of nitrogens with one attached hydrogen (secondary N) is 1. The van der Waals surface area contributed by atoms with Gasteiger partial charge in [0.25, 0.3) is 0 Å². The minimum absolute atomic E-state index is 0.0418. The predicted molar refractivity (Wildman–Crippen MR) is 98.8 cm³/mol. The first-order chi connectivity index (χ1) is 11.7. The van der Waals surface area contributed by atoms with Crippen LogP contribution in [-0.2, 0) is 16.1 Å². The Labute approximate surface area is 158 Å². The molecule has 0 saturated carbocycles. The molecule has 1 aromatic carbocycles. The van der Waals surface area contributed by atoms with Gasteiger partial charge in [-0.25, -0.2) is 4.79 Å². The molecule has 0 radical (unpaired) electrons. The highest BCUT2D eigenvalue weighted by atomic mass is 35.5. The molecule has 1 N–H and O–H groups in total. The van der Waals surface area contributed by atoms with E-state index in [0.717, 1.165) is 0 Å². The summed E-state index contributed by atoms with van der Waals surface area (Å²) in [4.78, 5) is 26.1. The smallest absolute Gasteiger partial charge is 0.410 e. The summed E-state index contributed by atoms with van der Waals surface area (Å²) in [7, 11) is 0. The van der Waals surface area contributed by atoms with Gasteiger partial charge in [-0.15, -0.1) is 0 Å². The Morgan fingerprint density at radius 1 is 1.20 bits per heavy atom. The zero-order valence-electron chi connectivity index (χ0n) is 14.8. The number of rotatable bonds is 3. The van der Waals surface area contributed by atoms with Gasteiger partial charge in [0.15, 0.2) is 0 Å². The van der Waals surface area contributed by atoms with Gasteiger partial charge in [-0.1, -0.05) is 29.3 Å². The lowest BCUT2D eigenvalue weighted by Gasteiger charge is -2.33. The molecule has 1 aliphatic heterocycles. The first kappa shape index (κ1) is 19.9. The van der Waals surface area contributed by atoms with E-state index in [9.17, 15) is 9.59 Å². The number of hydrogen-bond acceptors (Lipinski definition) is 3. The summed E-state index contributed by atoms with van der Waals surface area (Å²) < 4.78 is 5.36. The van der Waals surface area contributed by atoms with Crippen LogP contribution in [0, 0.1) is 5.92 Å². The van der Waals surface area contributed by atoms with E-state index in [2.05, 4.69) is 5.32 Å². The van der Waals surface area contributed by atoms with Gasteiger partial charge in [-0.3, -0.25) is 4.79 Å². The van der Waals surface area contributed by atoms with Crippen molar-refractivity contribution < 1.29 is 14.3 Å². The van der Waals surface area contributed by atoms with Crippen LogP contribution in [0.5, 0.6) is 0 Å². The molecule has 7 heteroatoms. The van der Waals surface area contributed by atoms with E-state index < -0.39 is 5.60 Å². The quantitative estimate of drug-likeness (QED) is 0.843. The molecule has 5 nitrogen and oxygen atoms in total. The molecule has 1 aliphatic rings. The Morgan fingerprint density at radius 3 is 2.28 bits per heavy atom. The fourth-order valence-electron chi connectivity index (χ4n) is 2.67. The normalized spacial score (nSPS) is 15.8. The van der Waals surface area contributed by atoms with E-state index in [1.54, 1.807) is 23.1 Å². The number of benzene rings is 1. The van der Waals surface area contributed by atoms with E-state index in [4.69, 9.17) is 27.9 Å². The predicted octanol–water partition coefficient (Wildman–Crippen LogP) is 4.26. The number of carbonyl (C=O) groups excluding carboxylic acids is 2. The topological polar surface area (TPSA) is 58.6 Å². The lowest BCUT2D eigenvalue weighted by atomic mass is 9.96. The van der Waals surface area contributed by atoms with Crippen molar-refractivity contribution in [3.05, 3.63) is 33.8 Å². The summed E-state index contributed by atoms with van der Waals surface area (Å²) in [6.45, 7) is 6.84. The number of likely N-dealkylation sites (tertiary alicyclic amines) is 1.